The Morgan fingerprint density at radius 1 is 1.30 bits per heavy atom. The molecule has 2 aromatic rings. The number of methoxy groups -OCH3 is 1. The lowest BCUT2D eigenvalue weighted by molar-refractivity contribution is 0.173. The third-order valence-electron chi connectivity index (χ3n) is 3.53. The van der Waals surface area contributed by atoms with Crippen LogP contribution in [-0.4, -0.2) is 27.2 Å². The van der Waals surface area contributed by atoms with Crippen LogP contribution >= 0.6 is 11.3 Å². The molecular formula is C16H21NO4S2. The van der Waals surface area contributed by atoms with E-state index in [-0.39, 0.29) is 11.4 Å². The van der Waals surface area contributed by atoms with E-state index in [0.29, 0.717) is 12.2 Å². The maximum absolute atomic E-state index is 12.4. The van der Waals surface area contributed by atoms with Crippen LogP contribution in [0.15, 0.2) is 34.5 Å². The Bertz CT molecular complexity index is 731. The van der Waals surface area contributed by atoms with Gasteiger partial charge in [-0.15, -0.1) is 11.3 Å². The average Bonchev–Trinajstić information content (AvgIpc) is 3.01. The van der Waals surface area contributed by atoms with E-state index in [4.69, 9.17) is 4.74 Å². The summed E-state index contributed by atoms with van der Waals surface area (Å²) < 4.78 is 32.5. The molecule has 0 amide bonds. The van der Waals surface area contributed by atoms with Crippen molar-refractivity contribution < 1.29 is 18.3 Å². The lowest BCUT2D eigenvalue weighted by Crippen LogP contribution is -2.26. The van der Waals surface area contributed by atoms with E-state index >= 15 is 0 Å². The van der Waals surface area contributed by atoms with Crippen LogP contribution in [0.5, 0.6) is 5.75 Å². The van der Waals surface area contributed by atoms with Crippen molar-refractivity contribution in [2.24, 2.45) is 0 Å². The van der Waals surface area contributed by atoms with Crippen molar-refractivity contribution in [3.8, 4) is 5.75 Å². The summed E-state index contributed by atoms with van der Waals surface area (Å²) in [5, 5.41) is 11.9. The number of ether oxygens (including phenoxy) is 1. The summed E-state index contributed by atoms with van der Waals surface area (Å²) in [4.78, 5) is 1.04. The molecule has 0 aliphatic rings. The number of aryl methyl sites for hydroxylation is 2. The monoisotopic (exact) mass is 355 g/mol. The zero-order chi connectivity index (χ0) is 17.0. The zero-order valence-electron chi connectivity index (χ0n) is 13.4. The number of hydrogen-bond donors (Lipinski definition) is 2. The number of hydrogen-bond acceptors (Lipinski definition) is 5. The quantitative estimate of drug-likeness (QED) is 0.801. The summed E-state index contributed by atoms with van der Waals surface area (Å²) in [5.74, 6) is 0.692. The van der Waals surface area contributed by atoms with Crippen molar-refractivity contribution in [2.45, 2.75) is 31.3 Å². The molecule has 7 heteroatoms. The van der Waals surface area contributed by atoms with Crippen molar-refractivity contribution >= 4 is 21.4 Å². The minimum absolute atomic E-state index is 0.172. The van der Waals surface area contributed by atoms with Gasteiger partial charge >= 0.3 is 0 Å². The number of benzene rings is 1. The molecule has 0 fully saturated rings. The molecular weight excluding hydrogens is 334 g/mol. The second kappa shape index (κ2) is 7.44. The molecule has 2 rings (SSSR count). The first-order valence-corrected chi connectivity index (χ1v) is 9.58. The first-order chi connectivity index (χ1) is 10.8. The molecule has 1 aromatic heterocycles. The number of thiophene rings is 1. The second-order valence-corrected chi connectivity index (χ2v) is 8.05. The molecule has 0 bridgehead atoms. The highest BCUT2D eigenvalue weighted by atomic mass is 32.2. The van der Waals surface area contributed by atoms with Gasteiger partial charge in [-0.25, -0.2) is 13.1 Å². The summed E-state index contributed by atoms with van der Waals surface area (Å²) in [6.45, 7) is 3.79. The van der Waals surface area contributed by atoms with Crippen LogP contribution in [0.1, 0.15) is 28.5 Å². The van der Waals surface area contributed by atoms with Gasteiger partial charge in [-0.2, -0.15) is 0 Å². The highest BCUT2D eigenvalue weighted by Crippen LogP contribution is 2.26. The van der Waals surface area contributed by atoms with Crippen LogP contribution in [0.3, 0.4) is 0 Å². The average molecular weight is 355 g/mol. The topological polar surface area (TPSA) is 75.6 Å². The van der Waals surface area contributed by atoms with Gasteiger partial charge in [0.25, 0.3) is 0 Å². The van der Waals surface area contributed by atoms with Crippen LogP contribution in [0.4, 0.5) is 0 Å². The van der Waals surface area contributed by atoms with E-state index in [1.807, 2.05) is 31.4 Å². The van der Waals surface area contributed by atoms with Crippen molar-refractivity contribution in [3.63, 3.8) is 0 Å². The SMILES string of the molecule is COc1c(C)cc(S(=O)(=O)NCCC(O)c2cccs2)cc1C. The van der Waals surface area contributed by atoms with Crippen LogP contribution < -0.4 is 9.46 Å². The predicted molar refractivity (Wildman–Crippen MR) is 91.6 cm³/mol. The van der Waals surface area contributed by atoms with Crippen molar-refractivity contribution in [1.29, 1.82) is 0 Å². The molecule has 1 heterocycles. The molecule has 1 aromatic carbocycles. The lowest BCUT2D eigenvalue weighted by Gasteiger charge is -2.13. The van der Waals surface area contributed by atoms with E-state index in [1.165, 1.54) is 11.3 Å². The lowest BCUT2D eigenvalue weighted by atomic mass is 10.1. The second-order valence-electron chi connectivity index (χ2n) is 5.31. The third kappa shape index (κ3) is 4.32. The molecule has 0 aliphatic carbocycles. The fourth-order valence-corrected chi connectivity index (χ4v) is 4.39. The summed E-state index contributed by atoms with van der Waals surface area (Å²) in [5.41, 5.74) is 1.54. The fraction of sp³-hybridized carbons (Fsp3) is 0.375. The van der Waals surface area contributed by atoms with Crippen molar-refractivity contribution in [1.82, 2.24) is 4.72 Å². The highest BCUT2D eigenvalue weighted by molar-refractivity contribution is 7.89. The van der Waals surface area contributed by atoms with Gasteiger partial charge in [0, 0.05) is 11.4 Å². The van der Waals surface area contributed by atoms with E-state index in [0.717, 1.165) is 16.0 Å². The van der Waals surface area contributed by atoms with Gasteiger partial charge in [0.15, 0.2) is 0 Å². The first kappa shape index (κ1) is 17.9. The minimum atomic E-state index is -3.61. The van der Waals surface area contributed by atoms with Crippen LogP contribution in [0.2, 0.25) is 0 Å². The number of sulfonamides is 1. The molecule has 5 nitrogen and oxygen atoms in total. The van der Waals surface area contributed by atoms with Crippen LogP contribution in [0.25, 0.3) is 0 Å². The summed E-state index contributed by atoms with van der Waals surface area (Å²) in [6, 6.07) is 6.87. The molecule has 0 aliphatic heterocycles. The summed E-state index contributed by atoms with van der Waals surface area (Å²) >= 11 is 1.45. The van der Waals surface area contributed by atoms with E-state index in [2.05, 4.69) is 4.72 Å². The fourth-order valence-electron chi connectivity index (χ4n) is 2.42. The summed E-state index contributed by atoms with van der Waals surface area (Å²) in [6.07, 6.45) is -0.328. The Kier molecular flexibility index (Phi) is 5.80. The third-order valence-corrected chi connectivity index (χ3v) is 5.94. The molecule has 0 saturated carbocycles. The zero-order valence-corrected chi connectivity index (χ0v) is 15.0. The largest absolute Gasteiger partial charge is 0.496 e. The Hall–Kier alpha value is -1.41. The van der Waals surface area contributed by atoms with Gasteiger partial charge in [0.1, 0.15) is 5.75 Å². The van der Waals surface area contributed by atoms with Gasteiger partial charge in [0.2, 0.25) is 10.0 Å². The van der Waals surface area contributed by atoms with Gasteiger partial charge in [-0.3, -0.25) is 0 Å². The molecule has 0 spiro atoms. The molecule has 1 atom stereocenters. The number of nitrogens with one attached hydrogen (secondary N) is 1. The van der Waals surface area contributed by atoms with Crippen LogP contribution in [0, 0.1) is 13.8 Å². The number of aliphatic hydroxyl groups excluding tert-OH is 1. The van der Waals surface area contributed by atoms with E-state index < -0.39 is 16.1 Å². The van der Waals surface area contributed by atoms with Gasteiger partial charge in [0.05, 0.1) is 18.1 Å². The molecule has 126 valence electrons. The Morgan fingerprint density at radius 3 is 2.48 bits per heavy atom. The maximum atomic E-state index is 12.4. The van der Waals surface area contributed by atoms with Gasteiger partial charge < -0.3 is 9.84 Å². The molecule has 0 radical (unpaired) electrons. The standard InChI is InChI=1S/C16H21NO4S2/c1-11-9-13(10-12(2)16(11)21-3)23(19,20)17-7-6-14(18)15-5-4-8-22-15/h4-5,8-10,14,17-18H,6-7H2,1-3H3. The van der Waals surface area contributed by atoms with E-state index in [9.17, 15) is 13.5 Å². The Balaban J connectivity index is 2.04. The predicted octanol–water partition coefficient (Wildman–Crippen LogP) is 2.78. The first-order valence-electron chi connectivity index (χ1n) is 7.21. The Labute approximate surface area is 141 Å². The minimum Gasteiger partial charge on any atom is -0.496 e. The van der Waals surface area contributed by atoms with Crippen molar-refractivity contribution in [3.05, 3.63) is 45.6 Å². The highest BCUT2D eigenvalue weighted by Gasteiger charge is 2.18. The number of aliphatic hydroxyl groups is 1. The smallest absolute Gasteiger partial charge is 0.240 e. The molecule has 23 heavy (non-hydrogen) atoms. The van der Waals surface area contributed by atoms with Gasteiger partial charge in [-0.1, -0.05) is 6.07 Å². The number of rotatable bonds is 7. The molecule has 2 N–H and O–H groups in total. The van der Waals surface area contributed by atoms with Crippen molar-refractivity contribution in [2.75, 3.05) is 13.7 Å². The Morgan fingerprint density at radius 2 is 1.96 bits per heavy atom. The molecule has 0 saturated heterocycles. The normalized spacial score (nSPS) is 13.0. The summed E-state index contributed by atoms with van der Waals surface area (Å²) in [7, 11) is -2.04. The molecule has 1 unspecified atom stereocenters. The van der Waals surface area contributed by atoms with Crippen LogP contribution in [-0.2, 0) is 10.0 Å². The maximum Gasteiger partial charge on any atom is 0.240 e. The van der Waals surface area contributed by atoms with E-state index in [1.54, 1.807) is 19.2 Å². The van der Waals surface area contributed by atoms with Gasteiger partial charge in [-0.05, 0) is 55.0 Å².